The molecule has 1 aromatic carbocycles. The minimum Gasteiger partial charge on any atom is -0.491 e. The molecule has 3 atom stereocenters. The van der Waals surface area contributed by atoms with E-state index in [1.54, 1.807) is 40.9 Å². The van der Waals surface area contributed by atoms with E-state index < -0.39 is 34.9 Å². The molecule has 1 aliphatic heterocycles. The topological polar surface area (TPSA) is 139 Å². The Morgan fingerprint density at radius 1 is 1.16 bits per heavy atom. The summed E-state index contributed by atoms with van der Waals surface area (Å²) >= 11 is 6.07. The van der Waals surface area contributed by atoms with Crippen molar-refractivity contribution in [3.8, 4) is 17.1 Å². The zero-order chi connectivity index (χ0) is 32.7. The van der Waals surface area contributed by atoms with E-state index in [0.717, 1.165) is 0 Å². The number of pyridine rings is 1. The van der Waals surface area contributed by atoms with Crippen LogP contribution in [0.5, 0.6) is 5.75 Å². The summed E-state index contributed by atoms with van der Waals surface area (Å²) in [5.41, 5.74) is -0.505. The van der Waals surface area contributed by atoms with E-state index in [0.29, 0.717) is 23.6 Å². The van der Waals surface area contributed by atoms with Gasteiger partial charge >= 0.3 is 6.09 Å². The van der Waals surface area contributed by atoms with Crippen molar-refractivity contribution in [2.45, 2.75) is 51.3 Å². The van der Waals surface area contributed by atoms with Crippen LogP contribution in [-0.4, -0.2) is 88.1 Å². The van der Waals surface area contributed by atoms with Crippen LogP contribution in [0.1, 0.15) is 44.0 Å². The molecule has 1 aliphatic carbocycles. The van der Waals surface area contributed by atoms with E-state index in [1.807, 2.05) is 0 Å². The van der Waals surface area contributed by atoms with Crippen LogP contribution >= 0.6 is 11.6 Å². The summed E-state index contributed by atoms with van der Waals surface area (Å²) in [6.07, 6.45) is 4.74. The fourth-order valence-electron chi connectivity index (χ4n) is 5.45. The van der Waals surface area contributed by atoms with Gasteiger partial charge in [0.2, 0.25) is 5.91 Å². The van der Waals surface area contributed by atoms with E-state index in [-0.39, 0.29) is 47.0 Å². The minimum absolute atomic E-state index is 0.0656. The highest BCUT2D eigenvalue weighted by atomic mass is 35.5. The van der Waals surface area contributed by atoms with Gasteiger partial charge in [-0.25, -0.2) is 19.2 Å². The van der Waals surface area contributed by atoms with Crippen molar-refractivity contribution in [1.29, 1.82) is 0 Å². The Balaban J connectivity index is 1.35. The Labute approximate surface area is 265 Å². The average Bonchev–Trinajstić information content (AvgIpc) is 3.48. The molecule has 238 valence electrons. The number of amides is 3. The number of hydrogen-bond acceptors (Lipinski definition) is 9. The smallest absolute Gasteiger partial charge is 0.410 e. The van der Waals surface area contributed by atoms with Crippen LogP contribution in [0, 0.1) is 11.2 Å². The Bertz CT molecular complexity index is 1650. The summed E-state index contributed by atoms with van der Waals surface area (Å²) in [5.74, 6) is -0.647. The van der Waals surface area contributed by atoms with Gasteiger partial charge in [-0.15, -0.1) is 0 Å². The first-order valence-corrected chi connectivity index (χ1v) is 14.7. The molecule has 0 radical (unpaired) electrons. The minimum atomic E-state index is -0.727. The average molecular weight is 640 g/mol. The van der Waals surface area contributed by atoms with Gasteiger partial charge in [-0.2, -0.15) is 0 Å². The fourth-order valence-corrected chi connectivity index (χ4v) is 5.62. The molecule has 2 aromatic heterocycles. The lowest BCUT2D eigenvalue weighted by atomic mass is 10.0. The molecule has 1 saturated carbocycles. The number of nitrogens with one attached hydrogen (secondary N) is 2. The molecule has 3 amide bonds. The molecule has 1 unspecified atom stereocenters. The number of likely N-dealkylation sites (N-methyl/N-ethyl adjacent to an activating group) is 1. The summed E-state index contributed by atoms with van der Waals surface area (Å²) in [6.45, 7) is 5.59. The molecular weight excluding hydrogens is 605 g/mol. The molecule has 0 bridgehead atoms. The van der Waals surface area contributed by atoms with Crippen molar-refractivity contribution in [3.05, 3.63) is 59.3 Å². The zero-order valence-corrected chi connectivity index (χ0v) is 26.6. The molecule has 3 heterocycles. The van der Waals surface area contributed by atoms with Gasteiger partial charge in [0, 0.05) is 49.5 Å². The molecule has 1 spiro atoms. The lowest BCUT2D eigenvalue weighted by Gasteiger charge is -2.29. The van der Waals surface area contributed by atoms with Gasteiger partial charge in [0.05, 0.1) is 30.1 Å². The molecule has 5 rings (SSSR count). The summed E-state index contributed by atoms with van der Waals surface area (Å²) in [4.78, 5) is 55.4. The van der Waals surface area contributed by atoms with Crippen LogP contribution in [0.2, 0.25) is 5.02 Å². The van der Waals surface area contributed by atoms with Crippen molar-refractivity contribution in [3.63, 3.8) is 0 Å². The number of carbonyl (C=O) groups excluding carboxylic acids is 3. The van der Waals surface area contributed by atoms with Gasteiger partial charge in [-0.3, -0.25) is 19.5 Å². The highest BCUT2D eigenvalue weighted by molar-refractivity contribution is 6.30. The van der Waals surface area contributed by atoms with Crippen LogP contribution < -0.4 is 15.4 Å². The van der Waals surface area contributed by atoms with E-state index in [4.69, 9.17) is 21.1 Å². The van der Waals surface area contributed by atoms with E-state index in [9.17, 15) is 18.8 Å². The number of likely N-dealkylation sites (tertiary alicyclic amines) is 1. The monoisotopic (exact) mass is 639 g/mol. The van der Waals surface area contributed by atoms with Gasteiger partial charge in [-0.1, -0.05) is 11.6 Å². The van der Waals surface area contributed by atoms with Crippen LogP contribution in [-0.2, 0) is 9.53 Å². The largest absolute Gasteiger partial charge is 0.491 e. The third-order valence-corrected chi connectivity index (χ3v) is 8.01. The molecule has 3 aromatic rings. The van der Waals surface area contributed by atoms with E-state index in [2.05, 4.69) is 25.6 Å². The van der Waals surface area contributed by atoms with E-state index in [1.165, 1.54) is 53.7 Å². The number of carbonyl (C=O) groups is 3. The normalized spacial score (nSPS) is 20.5. The second kappa shape index (κ2) is 12.1. The fraction of sp³-hybridized carbons (Fsp3) is 0.419. The maximum absolute atomic E-state index is 14.6. The molecule has 14 heteroatoms. The summed E-state index contributed by atoms with van der Waals surface area (Å²) in [6, 6.07) is 4.69. The van der Waals surface area contributed by atoms with E-state index >= 15 is 0 Å². The number of hydrogen-bond donors (Lipinski definition) is 2. The van der Waals surface area contributed by atoms with Crippen LogP contribution in [0.25, 0.3) is 11.4 Å². The van der Waals surface area contributed by atoms with Gasteiger partial charge in [-0.05, 0) is 57.9 Å². The molecule has 2 aliphatic rings. The lowest BCUT2D eigenvalue weighted by molar-refractivity contribution is -0.133. The zero-order valence-electron chi connectivity index (χ0n) is 25.9. The molecule has 12 nitrogen and oxygen atoms in total. The lowest BCUT2D eigenvalue weighted by Crippen LogP contribution is -2.47. The molecular formula is C31H35ClFN7O5. The molecule has 2 fully saturated rings. The standard InChI is InChI=1S/C31H35ClFN7O5/c1-30(2,3)45-29(43)40-16-31(12-22(40)28(42)39(4)5)13-24(31)37-27(41)19-14-34-10-9-21(19)36-26-23(44-6)15-35-25(38-26)18-11-17(32)7-8-20(18)33/h7-11,14-15,22,24H,12-13,16H2,1-6H3,(H,37,41)(H,34,35,36,38)/t22-,24?,31+/m1/s1. The molecule has 2 N–H and O–H groups in total. The van der Waals surface area contributed by atoms with Gasteiger partial charge < -0.3 is 25.0 Å². The van der Waals surface area contributed by atoms with Crippen molar-refractivity contribution >= 4 is 41.0 Å². The van der Waals surface area contributed by atoms with Crippen LogP contribution in [0.15, 0.2) is 42.9 Å². The SMILES string of the molecule is COc1cnc(-c2cc(Cl)ccc2F)nc1Nc1ccncc1C(=O)NC1C[C@]12C[C@H](C(=O)N(C)C)N(C(=O)OC(C)(C)C)C2. The summed E-state index contributed by atoms with van der Waals surface area (Å²) in [7, 11) is 4.72. The Morgan fingerprint density at radius 3 is 2.60 bits per heavy atom. The van der Waals surface area contributed by atoms with Crippen LogP contribution in [0.4, 0.5) is 20.7 Å². The number of benzene rings is 1. The van der Waals surface area contributed by atoms with Crippen LogP contribution in [0.3, 0.4) is 0 Å². The highest BCUT2D eigenvalue weighted by Crippen LogP contribution is 2.55. The maximum Gasteiger partial charge on any atom is 0.410 e. The number of aromatic nitrogens is 3. The van der Waals surface area contributed by atoms with Gasteiger partial charge in [0.1, 0.15) is 17.5 Å². The number of rotatable bonds is 7. The Morgan fingerprint density at radius 2 is 1.91 bits per heavy atom. The maximum atomic E-state index is 14.6. The van der Waals surface area contributed by atoms with Crippen molar-refractivity contribution in [1.82, 2.24) is 30.1 Å². The number of methoxy groups -OCH3 is 1. The van der Waals surface area contributed by atoms with Crippen molar-refractivity contribution in [2.75, 3.05) is 33.1 Å². The van der Waals surface area contributed by atoms with Crippen molar-refractivity contribution < 1.29 is 28.2 Å². The number of halogens is 2. The quantitative estimate of drug-likeness (QED) is 0.378. The third kappa shape index (κ3) is 6.77. The third-order valence-electron chi connectivity index (χ3n) is 7.77. The number of ether oxygens (including phenoxy) is 2. The highest BCUT2D eigenvalue weighted by Gasteiger charge is 2.63. The first kappa shape index (κ1) is 31.9. The number of nitrogens with zero attached hydrogens (tertiary/aromatic N) is 5. The van der Waals surface area contributed by atoms with Crippen molar-refractivity contribution in [2.24, 2.45) is 5.41 Å². The number of anilines is 2. The van der Waals surface area contributed by atoms with Gasteiger partial charge in [0.15, 0.2) is 17.4 Å². The molecule has 45 heavy (non-hydrogen) atoms. The Hall–Kier alpha value is -4.52. The first-order chi connectivity index (χ1) is 21.2. The molecule has 1 saturated heterocycles. The Kier molecular flexibility index (Phi) is 8.58. The predicted molar refractivity (Wildman–Crippen MR) is 165 cm³/mol. The van der Waals surface area contributed by atoms with Gasteiger partial charge in [0.25, 0.3) is 5.91 Å². The second-order valence-electron chi connectivity index (χ2n) is 12.4. The predicted octanol–water partition coefficient (Wildman–Crippen LogP) is 4.67. The first-order valence-electron chi connectivity index (χ1n) is 14.3. The summed E-state index contributed by atoms with van der Waals surface area (Å²) < 4.78 is 25.6. The second-order valence-corrected chi connectivity index (χ2v) is 12.9. The summed E-state index contributed by atoms with van der Waals surface area (Å²) in [5, 5.41) is 6.47.